The highest BCUT2D eigenvalue weighted by molar-refractivity contribution is 5.58. The molecule has 6 aliphatic heterocycles. The third-order valence-electron chi connectivity index (χ3n) is 17.1. The molecule has 9 heteroatoms. The fourth-order valence-corrected chi connectivity index (χ4v) is 15.2. The Morgan fingerprint density at radius 3 is 1.27 bits per heavy atom. The van der Waals surface area contributed by atoms with E-state index in [4.69, 9.17) is 0 Å². The lowest BCUT2D eigenvalue weighted by Gasteiger charge is -2.73. The number of piperazine rings is 4. The highest BCUT2D eigenvalue weighted by Crippen LogP contribution is 2.53. The van der Waals surface area contributed by atoms with Crippen LogP contribution in [0.25, 0.3) is 0 Å². The Hall–Kier alpha value is -4.12. The number of rotatable bonds is 4. The van der Waals surface area contributed by atoms with E-state index in [1.165, 1.54) is 99.8 Å². The van der Waals surface area contributed by atoms with Crippen LogP contribution in [0, 0.1) is 0 Å². The first-order valence-electron chi connectivity index (χ1n) is 23.9. The standard InChI is InChI=1S/C51H63N9/c1-5-18-34(19-6-1)55-38-26-13-15-28-40(38)59-44-32-45-49(54-48(44)57(36-22-9-3-10-23-36)43-31-17-30-42(55)46(43)59)58(37-24-11-4-12-25-37)51-47-50(52-33-53-51)56(35-20-7-2-8-21-35)39-27-14-16-29-41(39)60(45)47/h1-12,18-25,38-54H,13-17,26-33H2. The number of benzene rings is 4. The summed E-state index contributed by atoms with van der Waals surface area (Å²) >= 11 is 0. The Labute approximate surface area is 357 Å². The summed E-state index contributed by atoms with van der Waals surface area (Å²) in [5.41, 5.74) is 5.55. The highest BCUT2D eigenvalue weighted by Gasteiger charge is 2.66. The lowest BCUT2D eigenvalue weighted by atomic mass is 9.70. The molecule has 0 aromatic heterocycles. The zero-order valence-electron chi connectivity index (χ0n) is 35.0. The second-order valence-electron chi connectivity index (χ2n) is 19.7. The van der Waals surface area contributed by atoms with E-state index in [9.17, 15) is 0 Å². The number of anilines is 4. The van der Waals surface area contributed by atoms with E-state index >= 15 is 0 Å². The van der Waals surface area contributed by atoms with E-state index in [1.807, 2.05) is 0 Å². The fraction of sp³-hybridized carbons (Fsp3) is 0.529. The van der Waals surface area contributed by atoms with Crippen LogP contribution in [-0.2, 0) is 0 Å². The van der Waals surface area contributed by atoms with Gasteiger partial charge >= 0.3 is 0 Å². The number of para-hydroxylation sites is 4. The zero-order valence-corrected chi connectivity index (χ0v) is 35.0. The average molecular weight is 802 g/mol. The van der Waals surface area contributed by atoms with Gasteiger partial charge in [0, 0.05) is 77.8 Å². The first-order valence-corrected chi connectivity index (χ1v) is 23.9. The van der Waals surface area contributed by atoms with Gasteiger partial charge in [-0.15, -0.1) is 0 Å². The van der Waals surface area contributed by atoms with E-state index in [0.29, 0.717) is 60.4 Å². The molecule has 0 amide bonds. The topological polar surface area (TPSA) is 55.5 Å². The molecule has 0 spiro atoms. The van der Waals surface area contributed by atoms with E-state index in [0.717, 1.165) is 6.67 Å². The predicted molar refractivity (Wildman–Crippen MR) is 242 cm³/mol. The number of hydrogen-bond acceptors (Lipinski definition) is 9. The molecule has 9 nitrogen and oxygen atoms in total. The normalized spacial score (nSPS) is 39.7. The molecule has 3 aliphatic carbocycles. The van der Waals surface area contributed by atoms with E-state index in [-0.39, 0.29) is 24.7 Å². The number of nitrogens with zero attached hydrogens (tertiary/aromatic N) is 6. The van der Waals surface area contributed by atoms with Crippen LogP contribution < -0.4 is 35.6 Å². The van der Waals surface area contributed by atoms with Gasteiger partial charge in [-0.2, -0.15) is 0 Å². The Morgan fingerprint density at radius 2 is 0.717 bits per heavy atom. The molecule has 3 N–H and O–H groups in total. The molecule has 4 aromatic rings. The molecule has 312 valence electrons. The minimum Gasteiger partial charge on any atom is -0.362 e. The van der Waals surface area contributed by atoms with Crippen molar-refractivity contribution in [1.29, 1.82) is 0 Å². The van der Waals surface area contributed by atoms with Gasteiger partial charge in [0.1, 0.15) is 12.3 Å². The van der Waals surface area contributed by atoms with Crippen LogP contribution in [0.3, 0.4) is 0 Å². The summed E-state index contributed by atoms with van der Waals surface area (Å²) in [5.74, 6) is 0. The van der Waals surface area contributed by atoms with Crippen molar-refractivity contribution in [2.75, 3.05) is 26.3 Å². The molecule has 9 aliphatic rings. The number of nitrogens with one attached hydrogen (secondary N) is 3. The number of hydrogen-bond donors (Lipinski definition) is 3. The fourth-order valence-electron chi connectivity index (χ4n) is 15.2. The van der Waals surface area contributed by atoms with Crippen molar-refractivity contribution in [2.45, 2.75) is 162 Å². The van der Waals surface area contributed by atoms with Gasteiger partial charge < -0.3 is 19.6 Å². The summed E-state index contributed by atoms with van der Waals surface area (Å²) in [5, 5.41) is 12.9. The minimum atomic E-state index is 0.163. The summed E-state index contributed by atoms with van der Waals surface area (Å²) in [4.78, 5) is 18.0. The second kappa shape index (κ2) is 14.8. The summed E-state index contributed by atoms with van der Waals surface area (Å²) < 4.78 is 0. The number of piperidine rings is 1. The Bertz CT molecular complexity index is 1960. The van der Waals surface area contributed by atoms with Gasteiger partial charge in [-0.25, -0.2) is 0 Å². The van der Waals surface area contributed by atoms with Crippen LogP contribution in [0.5, 0.6) is 0 Å². The number of fused-ring (bicyclic) bond motifs is 8. The molecule has 4 aromatic carbocycles. The molecule has 0 radical (unpaired) electrons. The molecular formula is C51H63N9. The minimum absolute atomic E-state index is 0.163. The van der Waals surface area contributed by atoms with Crippen molar-refractivity contribution in [3.63, 3.8) is 0 Å². The van der Waals surface area contributed by atoms with E-state index in [1.54, 1.807) is 0 Å². The molecule has 14 unspecified atom stereocenters. The average Bonchev–Trinajstić information content (AvgIpc) is 3.32. The van der Waals surface area contributed by atoms with Crippen molar-refractivity contribution < 1.29 is 0 Å². The molecule has 6 saturated heterocycles. The van der Waals surface area contributed by atoms with Crippen LogP contribution >= 0.6 is 0 Å². The lowest BCUT2D eigenvalue weighted by Crippen LogP contribution is -2.92. The van der Waals surface area contributed by atoms with Gasteiger partial charge in [-0.1, -0.05) is 98.5 Å². The SMILES string of the molecule is c1ccc(N2C3CCCCC3N3C4CC5C(NC4N(c4ccccc4)C4CCCC2C43)N(c2ccccc2)C2NCNC3C2N5C2CCCCC2N3c2ccccc2)cc1. The van der Waals surface area contributed by atoms with E-state index < -0.39 is 0 Å². The smallest absolute Gasteiger partial charge is 0.101 e. The third-order valence-corrected chi connectivity index (χ3v) is 17.1. The van der Waals surface area contributed by atoms with Crippen molar-refractivity contribution >= 4 is 22.7 Å². The van der Waals surface area contributed by atoms with Crippen LogP contribution in [-0.4, -0.2) is 102 Å². The summed E-state index contributed by atoms with van der Waals surface area (Å²) in [6.45, 7) is 0.795. The van der Waals surface area contributed by atoms with Crippen molar-refractivity contribution in [3.8, 4) is 0 Å². The maximum absolute atomic E-state index is 4.68. The lowest BCUT2D eigenvalue weighted by molar-refractivity contribution is -0.129. The summed E-state index contributed by atoms with van der Waals surface area (Å²) in [7, 11) is 0. The predicted octanol–water partition coefficient (Wildman–Crippen LogP) is 7.14. The summed E-state index contributed by atoms with van der Waals surface area (Å²) in [6.07, 6.45) is 16.2. The summed E-state index contributed by atoms with van der Waals surface area (Å²) in [6, 6.07) is 50.8. The van der Waals surface area contributed by atoms with Gasteiger partial charge in [0.2, 0.25) is 0 Å². The Balaban J connectivity index is 0.980. The van der Waals surface area contributed by atoms with Gasteiger partial charge in [0.15, 0.2) is 0 Å². The Kier molecular flexibility index (Phi) is 8.99. The molecule has 6 heterocycles. The quantitative estimate of drug-likeness (QED) is 0.200. The van der Waals surface area contributed by atoms with Crippen LogP contribution in [0.15, 0.2) is 121 Å². The molecule has 13 rings (SSSR count). The van der Waals surface area contributed by atoms with Crippen molar-refractivity contribution in [1.82, 2.24) is 25.8 Å². The van der Waals surface area contributed by atoms with Crippen molar-refractivity contribution in [3.05, 3.63) is 121 Å². The molecule has 60 heavy (non-hydrogen) atoms. The second-order valence-corrected chi connectivity index (χ2v) is 19.7. The molecule has 0 bridgehead atoms. The highest BCUT2D eigenvalue weighted by atomic mass is 15.6. The molecular weight excluding hydrogens is 739 g/mol. The van der Waals surface area contributed by atoms with E-state index in [2.05, 4.69) is 167 Å². The molecule has 14 atom stereocenters. The first kappa shape index (κ1) is 36.5. The molecule has 9 fully saturated rings. The van der Waals surface area contributed by atoms with Gasteiger partial charge in [0.05, 0.1) is 24.4 Å². The largest absolute Gasteiger partial charge is 0.362 e. The maximum atomic E-state index is 4.68. The zero-order chi connectivity index (χ0) is 39.3. The monoisotopic (exact) mass is 802 g/mol. The molecule has 3 saturated carbocycles. The van der Waals surface area contributed by atoms with Crippen LogP contribution in [0.2, 0.25) is 0 Å². The van der Waals surface area contributed by atoms with Crippen LogP contribution in [0.4, 0.5) is 22.7 Å². The van der Waals surface area contributed by atoms with Gasteiger partial charge in [0.25, 0.3) is 0 Å². The van der Waals surface area contributed by atoms with Gasteiger partial charge in [-0.3, -0.25) is 25.8 Å². The Morgan fingerprint density at radius 1 is 0.333 bits per heavy atom. The van der Waals surface area contributed by atoms with Gasteiger partial charge in [-0.05, 0) is 99.9 Å². The van der Waals surface area contributed by atoms with Crippen molar-refractivity contribution in [2.24, 2.45) is 0 Å². The first-order chi connectivity index (χ1) is 29.8. The maximum Gasteiger partial charge on any atom is 0.101 e. The van der Waals surface area contributed by atoms with Crippen LogP contribution in [0.1, 0.15) is 77.0 Å². The third kappa shape index (κ3) is 5.48.